The van der Waals surface area contributed by atoms with Crippen LogP contribution in [-0.4, -0.2) is 29.3 Å². The summed E-state index contributed by atoms with van der Waals surface area (Å²) in [4.78, 5) is 0. The molecule has 28 heavy (non-hydrogen) atoms. The maximum atomic E-state index is 2.37. The Bertz CT molecular complexity index is 792. The minimum atomic E-state index is -1.79. The molecule has 2 heteroatoms. The third-order valence-corrected chi connectivity index (χ3v) is 22.3. The molecule has 0 aromatic heterocycles. The maximum absolute atomic E-state index is 2.37. The van der Waals surface area contributed by atoms with Crippen LogP contribution >= 0.6 is 0 Å². The van der Waals surface area contributed by atoms with Crippen LogP contribution < -0.4 is 17.4 Å². The van der Waals surface area contributed by atoms with Crippen LogP contribution in [-0.2, 0) is 0 Å². The molecular formula is C26H28As2. The third-order valence-electron chi connectivity index (χ3n) is 5.55. The van der Waals surface area contributed by atoms with Crippen molar-refractivity contribution in [3.8, 4) is 0 Å². The fourth-order valence-electron chi connectivity index (χ4n) is 4.13. The first-order valence-corrected chi connectivity index (χ1v) is 18.4. The van der Waals surface area contributed by atoms with Gasteiger partial charge in [-0.25, -0.2) is 0 Å². The summed E-state index contributed by atoms with van der Waals surface area (Å²) >= 11 is -3.58. The zero-order valence-electron chi connectivity index (χ0n) is 16.1. The number of rotatable bonds is 7. The van der Waals surface area contributed by atoms with Gasteiger partial charge in [0.25, 0.3) is 0 Å². The van der Waals surface area contributed by atoms with E-state index in [1.807, 2.05) is 0 Å². The van der Waals surface area contributed by atoms with E-state index < -0.39 is 29.3 Å². The van der Waals surface area contributed by atoms with E-state index in [0.717, 1.165) is 0 Å². The molecule has 0 nitrogen and oxygen atoms in total. The molecule has 0 aliphatic heterocycles. The molecule has 0 unspecified atom stereocenters. The molecular weight excluding hydrogens is 462 g/mol. The van der Waals surface area contributed by atoms with Crippen molar-refractivity contribution in [3.63, 3.8) is 0 Å². The van der Waals surface area contributed by atoms with Gasteiger partial charge in [0.05, 0.1) is 0 Å². The van der Waals surface area contributed by atoms with Crippen molar-refractivity contribution in [1.82, 2.24) is 0 Å². The van der Waals surface area contributed by atoms with Crippen molar-refractivity contribution in [2.45, 2.75) is 10.4 Å². The first-order chi connectivity index (χ1) is 13.9. The van der Waals surface area contributed by atoms with Crippen molar-refractivity contribution < 1.29 is 0 Å². The van der Waals surface area contributed by atoms with E-state index in [-0.39, 0.29) is 0 Å². The van der Waals surface area contributed by atoms with Gasteiger partial charge in [0.2, 0.25) is 0 Å². The van der Waals surface area contributed by atoms with Gasteiger partial charge in [-0.15, -0.1) is 0 Å². The standard InChI is InChI=1S/C26H28As2/c1-5-13-23(14-6-1)27(24-15-7-2-8-16-24)21-22-28(25-17-9-3-10-18-25)26-19-11-4-12-20-26/h1-20H,21-22,27-28H2. The summed E-state index contributed by atoms with van der Waals surface area (Å²) in [6.07, 6.45) is 0. The van der Waals surface area contributed by atoms with Crippen LogP contribution in [0.4, 0.5) is 0 Å². The SMILES string of the molecule is c1ccc([AsH2](CC[AsH2](c2ccccc2)c2ccccc2)c2ccccc2)cc1. The fraction of sp³-hybridized carbons (Fsp3) is 0.0769. The fourth-order valence-corrected chi connectivity index (χ4v) is 23.0. The van der Waals surface area contributed by atoms with Crippen molar-refractivity contribution in [2.75, 3.05) is 0 Å². The van der Waals surface area contributed by atoms with Crippen LogP contribution in [0.5, 0.6) is 0 Å². The van der Waals surface area contributed by atoms with Gasteiger partial charge >= 0.3 is 178 Å². The molecule has 0 N–H and O–H groups in total. The van der Waals surface area contributed by atoms with Crippen LogP contribution in [0, 0.1) is 0 Å². The van der Waals surface area contributed by atoms with Crippen LogP contribution in [0.15, 0.2) is 121 Å². The molecule has 0 amide bonds. The van der Waals surface area contributed by atoms with Crippen molar-refractivity contribution in [3.05, 3.63) is 121 Å². The molecule has 0 radical (unpaired) electrons. The van der Waals surface area contributed by atoms with Crippen molar-refractivity contribution in [1.29, 1.82) is 0 Å². The Morgan fingerprint density at radius 2 is 0.536 bits per heavy atom. The van der Waals surface area contributed by atoms with Gasteiger partial charge in [0.1, 0.15) is 0 Å². The third kappa shape index (κ3) is 4.88. The van der Waals surface area contributed by atoms with E-state index in [9.17, 15) is 0 Å². The summed E-state index contributed by atoms with van der Waals surface area (Å²) in [6.45, 7) is 0. The Morgan fingerprint density at radius 3 is 0.750 bits per heavy atom. The molecule has 142 valence electrons. The number of hydrogen-bond acceptors (Lipinski definition) is 0. The van der Waals surface area contributed by atoms with Gasteiger partial charge in [-0.2, -0.15) is 0 Å². The van der Waals surface area contributed by atoms with Gasteiger partial charge < -0.3 is 0 Å². The molecule has 0 bridgehead atoms. The van der Waals surface area contributed by atoms with Crippen LogP contribution in [0.3, 0.4) is 0 Å². The zero-order chi connectivity index (χ0) is 19.0. The Hall–Kier alpha value is -2.00. The van der Waals surface area contributed by atoms with Crippen LogP contribution in [0.25, 0.3) is 0 Å². The summed E-state index contributed by atoms with van der Waals surface area (Å²) in [5.41, 5.74) is 0. The summed E-state index contributed by atoms with van der Waals surface area (Å²) in [5.74, 6) is 0. The number of hydrogen-bond donors (Lipinski definition) is 0. The van der Waals surface area contributed by atoms with Gasteiger partial charge in [0.15, 0.2) is 0 Å². The van der Waals surface area contributed by atoms with Crippen molar-refractivity contribution in [2.24, 2.45) is 0 Å². The van der Waals surface area contributed by atoms with Crippen molar-refractivity contribution >= 4 is 46.7 Å². The van der Waals surface area contributed by atoms with Gasteiger partial charge in [0, 0.05) is 0 Å². The summed E-state index contributed by atoms with van der Waals surface area (Å²) in [5, 5.41) is 2.77. The normalized spacial score (nSPS) is 11.7. The van der Waals surface area contributed by atoms with Gasteiger partial charge in [-0.05, 0) is 0 Å². The molecule has 0 heterocycles. The second kappa shape index (κ2) is 9.97. The Morgan fingerprint density at radius 1 is 0.321 bits per heavy atom. The van der Waals surface area contributed by atoms with Crippen LogP contribution in [0.2, 0.25) is 10.4 Å². The first-order valence-electron chi connectivity index (χ1n) is 10.1. The molecule has 0 atom stereocenters. The summed E-state index contributed by atoms with van der Waals surface area (Å²) in [6, 6.07) is 45.2. The zero-order valence-corrected chi connectivity index (χ0v) is 21.0. The summed E-state index contributed by atoms with van der Waals surface area (Å²) in [7, 11) is 0. The average molecular weight is 490 g/mol. The topological polar surface area (TPSA) is 0 Å². The van der Waals surface area contributed by atoms with E-state index >= 15 is 0 Å². The second-order valence-electron chi connectivity index (χ2n) is 7.33. The van der Waals surface area contributed by atoms with Crippen LogP contribution in [0.1, 0.15) is 0 Å². The molecule has 0 aliphatic rings. The van der Waals surface area contributed by atoms with E-state index in [1.165, 1.54) is 10.4 Å². The predicted molar refractivity (Wildman–Crippen MR) is 131 cm³/mol. The molecule has 0 fully saturated rings. The second-order valence-corrected chi connectivity index (χ2v) is 20.0. The minimum absolute atomic E-state index is 1.38. The van der Waals surface area contributed by atoms with Gasteiger partial charge in [-0.3, -0.25) is 0 Å². The van der Waals surface area contributed by atoms with Gasteiger partial charge in [-0.1, -0.05) is 0 Å². The predicted octanol–water partition coefficient (Wildman–Crippen LogP) is 2.53. The summed E-state index contributed by atoms with van der Waals surface area (Å²) < 4.78 is 6.46. The Kier molecular flexibility index (Phi) is 6.88. The molecule has 4 aromatic carbocycles. The molecule has 4 aromatic rings. The Balaban J connectivity index is 1.64. The molecule has 0 saturated heterocycles. The molecule has 4 rings (SSSR count). The Labute approximate surface area is 177 Å². The van der Waals surface area contributed by atoms with E-state index in [1.54, 1.807) is 17.4 Å². The van der Waals surface area contributed by atoms with E-state index in [2.05, 4.69) is 121 Å². The molecule has 0 saturated carbocycles. The number of benzene rings is 4. The first kappa shape index (κ1) is 19.3. The quantitative estimate of drug-likeness (QED) is 0.350. The molecule has 0 aliphatic carbocycles. The van der Waals surface area contributed by atoms with E-state index in [4.69, 9.17) is 0 Å². The molecule has 0 spiro atoms. The average Bonchev–Trinajstić information content (AvgIpc) is 2.79. The van der Waals surface area contributed by atoms with E-state index in [0.29, 0.717) is 0 Å². The monoisotopic (exact) mass is 490 g/mol.